The Bertz CT molecular complexity index is 347. The van der Waals surface area contributed by atoms with Gasteiger partial charge in [-0.15, -0.1) is 0 Å². The predicted octanol–water partition coefficient (Wildman–Crippen LogP) is 2.41. The lowest BCUT2D eigenvalue weighted by molar-refractivity contribution is -0.136. The summed E-state index contributed by atoms with van der Waals surface area (Å²) in [7, 11) is 0. The Morgan fingerprint density at radius 2 is 1.83 bits per heavy atom. The van der Waals surface area contributed by atoms with Gasteiger partial charge < -0.3 is 10.6 Å². The zero-order chi connectivity index (χ0) is 13.4. The number of rotatable bonds is 7. The van der Waals surface area contributed by atoms with Gasteiger partial charge in [0.1, 0.15) is 0 Å². The van der Waals surface area contributed by atoms with Crippen LogP contribution >= 0.6 is 0 Å². The second-order valence-corrected chi connectivity index (χ2v) is 4.55. The molecule has 0 bridgehead atoms. The Hall–Kier alpha value is -1.35. The van der Waals surface area contributed by atoms with Crippen molar-refractivity contribution in [3.8, 4) is 0 Å². The van der Waals surface area contributed by atoms with Crippen molar-refractivity contribution >= 4 is 5.91 Å². The van der Waals surface area contributed by atoms with E-state index in [4.69, 9.17) is 5.73 Å². The predicted molar refractivity (Wildman–Crippen MR) is 75.0 cm³/mol. The summed E-state index contributed by atoms with van der Waals surface area (Å²) in [5, 5.41) is 0. The van der Waals surface area contributed by atoms with Gasteiger partial charge in [-0.25, -0.2) is 0 Å². The monoisotopic (exact) mass is 248 g/mol. The standard InChI is InChI=1S/C15H24N2O/c1-3-14(4-2)15(18)17(11-10-16)12-13-8-6-5-7-9-13/h5-9,14H,3-4,10-12,16H2,1-2H3. The van der Waals surface area contributed by atoms with Crippen LogP contribution in [-0.2, 0) is 11.3 Å². The normalized spacial score (nSPS) is 10.7. The third-order valence-electron chi connectivity index (χ3n) is 3.26. The quantitative estimate of drug-likeness (QED) is 0.805. The molecule has 0 aliphatic carbocycles. The highest BCUT2D eigenvalue weighted by Gasteiger charge is 2.20. The summed E-state index contributed by atoms with van der Waals surface area (Å²) in [6.45, 7) is 5.93. The van der Waals surface area contributed by atoms with Crippen molar-refractivity contribution in [2.45, 2.75) is 33.2 Å². The van der Waals surface area contributed by atoms with E-state index in [0.29, 0.717) is 19.6 Å². The molecule has 1 rings (SSSR count). The highest BCUT2D eigenvalue weighted by Crippen LogP contribution is 2.14. The molecule has 0 radical (unpaired) electrons. The molecule has 0 fully saturated rings. The summed E-state index contributed by atoms with van der Waals surface area (Å²) in [6, 6.07) is 10.1. The highest BCUT2D eigenvalue weighted by molar-refractivity contribution is 5.78. The zero-order valence-corrected chi connectivity index (χ0v) is 11.4. The first-order valence-corrected chi connectivity index (χ1v) is 6.75. The minimum Gasteiger partial charge on any atom is -0.337 e. The topological polar surface area (TPSA) is 46.3 Å². The Morgan fingerprint density at radius 3 is 2.33 bits per heavy atom. The summed E-state index contributed by atoms with van der Waals surface area (Å²) in [6.07, 6.45) is 1.79. The fraction of sp³-hybridized carbons (Fsp3) is 0.533. The van der Waals surface area contributed by atoms with Crippen molar-refractivity contribution < 1.29 is 4.79 Å². The van der Waals surface area contributed by atoms with Crippen molar-refractivity contribution in [3.05, 3.63) is 35.9 Å². The second kappa shape index (κ2) is 7.88. The van der Waals surface area contributed by atoms with Gasteiger partial charge in [0.2, 0.25) is 5.91 Å². The van der Waals surface area contributed by atoms with Gasteiger partial charge in [0.05, 0.1) is 0 Å². The molecule has 0 aliphatic rings. The third kappa shape index (κ3) is 4.15. The van der Waals surface area contributed by atoms with Crippen molar-refractivity contribution in [1.82, 2.24) is 4.90 Å². The average Bonchev–Trinajstić information content (AvgIpc) is 2.40. The molecule has 1 aromatic carbocycles. The fourth-order valence-electron chi connectivity index (χ4n) is 2.12. The number of benzene rings is 1. The lowest BCUT2D eigenvalue weighted by Gasteiger charge is -2.26. The molecule has 0 heterocycles. The van der Waals surface area contributed by atoms with E-state index in [-0.39, 0.29) is 11.8 Å². The number of carbonyl (C=O) groups is 1. The third-order valence-corrected chi connectivity index (χ3v) is 3.26. The van der Waals surface area contributed by atoms with Crippen LogP contribution in [0.1, 0.15) is 32.3 Å². The van der Waals surface area contributed by atoms with E-state index >= 15 is 0 Å². The van der Waals surface area contributed by atoms with Crippen molar-refractivity contribution in [3.63, 3.8) is 0 Å². The van der Waals surface area contributed by atoms with E-state index < -0.39 is 0 Å². The van der Waals surface area contributed by atoms with Crippen LogP contribution in [-0.4, -0.2) is 23.9 Å². The molecule has 0 spiro atoms. The number of hydrogen-bond acceptors (Lipinski definition) is 2. The van der Waals surface area contributed by atoms with Crippen LogP contribution in [0.5, 0.6) is 0 Å². The Balaban J connectivity index is 2.73. The summed E-state index contributed by atoms with van der Waals surface area (Å²) >= 11 is 0. The molecular weight excluding hydrogens is 224 g/mol. The van der Waals surface area contributed by atoms with Crippen LogP contribution in [0, 0.1) is 5.92 Å². The molecule has 0 aliphatic heterocycles. The van der Waals surface area contributed by atoms with Gasteiger partial charge in [-0.2, -0.15) is 0 Å². The molecule has 0 saturated carbocycles. The zero-order valence-electron chi connectivity index (χ0n) is 11.4. The van der Waals surface area contributed by atoms with E-state index in [0.717, 1.165) is 18.4 Å². The van der Waals surface area contributed by atoms with Crippen LogP contribution < -0.4 is 5.73 Å². The maximum atomic E-state index is 12.4. The maximum Gasteiger partial charge on any atom is 0.226 e. The minimum atomic E-state index is 0.125. The van der Waals surface area contributed by atoms with Gasteiger partial charge >= 0.3 is 0 Å². The molecule has 1 amide bonds. The minimum absolute atomic E-state index is 0.125. The van der Waals surface area contributed by atoms with Crippen molar-refractivity contribution in [2.24, 2.45) is 11.7 Å². The molecule has 0 atom stereocenters. The Morgan fingerprint density at radius 1 is 1.22 bits per heavy atom. The first-order valence-electron chi connectivity index (χ1n) is 6.75. The van der Waals surface area contributed by atoms with Gasteiger partial charge in [0, 0.05) is 25.6 Å². The first kappa shape index (κ1) is 14.7. The molecule has 100 valence electrons. The fourth-order valence-corrected chi connectivity index (χ4v) is 2.12. The molecular formula is C15H24N2O. The molecule has 3 nitrogen and oxygen atoms in total. The van der Waals surface area contributed by atoms with E-state index in [1.165, 1.54) is 0 Å². The van der Waals surface area contributed by atoms with Gasteiger partial charge in [0.15, 0.2) is 0 Å². The molecule has 0 aromatic heterocycles. The van der Waals surface area contributed by atoms with Gasteiger partial charge in [-0.3, -0.25) is 4.79 Å². The van der Waals surface area contributed by atoms with E-state index in [2.05, 4.69) is 13.8 Å². The van der Waals surface area contributed by atoms with Gasteiger partial charge in [-0.1, -0.05) is 44.2 Å². The van der Waals surface area contributed by atoms with Crippen LogP contribution in [0.25, 0.3) is 0 Å². The lowest BCUT2D eigenvalue weighted by Crippen LogP contribution is -2.38. The van der Waals surface area contributed by atoms with Gasteiger partial charge in [-0.05, 0) is 18.4 Å². The molecule has 3 heteroatoms. The van der Waals surface area contributed by atoms with Crippen LogP contribution in [0.2, 0.25) is 0 Å². The van der Waals surface area contributed by atoms with Crippen LogP contribution in [0.3, 0.4) is 0 Å². The van der Waals surface area contributed by atoms with Gasteiger partial charge in [0.25, 0.3) is 0 Å². The summed E-state index contributed by atoms with van der Waals surface area (Å²) in [4.78, 5) is 14.3. The molecule has 18 heavy (non-hydrogen) atoms. The first-order chi connectivity index (χ1) is 8.72. The van der Waals surface area contributed by atoms with Crippen LogP contribution in [0.15, 0.2) is 30.3 Å². The molecule has 2 N–H and O–H groups in total. The SMILES string of the molecule is CCC(CC)C(=O)N(CCN)Cc1ccccc1. The van der Waals surface area contributed by atoms with Crippen LogP contribution in [0.4, 0.5) is 0 Å². The molecule has 0 unspecified atom stereocenters. The second-order valence-electron chi connectivity index (χ2n) is 4.55. The maximum absolute atomic E-state index is 12.4. The smallest absolute Gasteiger partial charge is 0.226 e. The number of nitrogens with two attached hydrogens (primary N) is 1. The lowest BCUT2D eigenvalue weighted by atomic mass is 10.0. The largest absolute Gasteiger partial charge is 0.337 e. The highest BCUT2D eigenvalue weighted by atomic mass is 16.2. The summed E-state index contributed by atoms with van der Waals surface area (Å²) < 4.78 is 0. The number of nitrogens with zero attached hydrogens (tertiary/aromatic N) is 1. The molecule has 1 aromatic rings. The van der Waals surface area contributed by atoms with E-state index in [1.807, 2.05) is 35.2 Å². The van der Waals surface area contributed by atoms with Crippen molar-refractivity contribution in [2.75, 3.05) is 13.1 Å². The van der Waals surface area contributed by atoms with E-state index in [9.17, 15) is 4.79 Å². The average molecular weight is 248 g/mol. The molecule has 0 saturated heterocycles. The summed E-state index contributed by atoms with van der Waals surface area (Å²) in [5.74, 6) is 0.356. The summed E-state index contributed by atoms with van der Waals surface area (Å²) in [5.41, 5.74) is 6.77. The number of amides is 1. The number of hydrogen-bond donors (Lipinski definition) is 1. The van der Waals surface area contributed by atoms with Crippen molar-refractivity contribution in [1.29, 1.82) is 0 Å². The Kier molecular flexibility index (Phi) is 6.44. The van der Waals surface area contributed by atoms with E-state index in [1.54, 1.807) is 0 Å². The Labute approximate surface area is 110 Å². The number of carbonyl (C=O) groups excluding carboxylic acids is 1.